The quantitative estimate of drug-likeness (QED) is 0.490. The van der Waals surface area contributed by atoms with Gasteiger partial charge in [0.05, 0.1) is 25.8 Å². The van der Waals surface area contributed by atoms with Gasteiger partial charge in [-0.05, 0) is 50.7 Å². The van der Waals surface area contributed by atoms with E-state index in [9.17, 15) is 14.0 Å². The molecule has 1 aromatic carbocycles. The fourth-order valence-electron chi connectivity index (χ4n) is 4.64. The predicted octanol–water partition coefficient (Wildman–Crippen LogP) is 4.17. The Hall–Kier alpha value is -2.82. The molecule has 36 heavy (non-hydrogen) atoms. The molecule has 192 valence electrons. The largest absolute Gasteiger partial charge is 0.466 e. The monoisotopic (exact) mass is 534 g/mol. The molecular weight excluding hydrogens is 507 g/mol. The van der Waals surface area contributed by atoms with Crippen LogP contribution < -0.4 is 10.6 Å². The summed E-state index contributed by atoms with van der Waals surface area (Å²) in [6, 6.07) is 3.46. The molecule has 0 amide bonds. The van der Waals surface area contributed by atoms with Crippen LogP contribution in [0.25, 0.3) is 0 Å². The summed E-state index contributed by atoms with van der Waals surface area (Å²) in [5, 5.41) is 9.33. The molecule has 2 aromatic rings. The van der Waals surface area contributed by atoms with Gasteiger partial charge in [0.15, 0.2) is 10.8 Å². The molecule has 2 aliphatic rings. The molecular formula is C25H28ClFN4O4S. The van der Waals surface area contributed by atoms with Crippen molar-refractivity contribution in [3.8, 4) is 0 Å². The number of hydrogen-bond acceptors (Lipinski definition) is 9. The molecule has 0 saturated heterocycles. The van der Waals surface area contributed by atoms with Crippen molar-refractivity contribution in [2.24, 2.45) is 10.9 Å². The summed E-state index contributed by atoms with van der Waals surface area (Å²) in [6.07, 6.45) is 4.87. The third-order valence-corrected chi connectivity index (χ3v) is 7.46. The molecule has 1 unspecified atom stereocenters. The van der Waals surface area contributed by atoms with Gasteiger partial charge in [0.2, 0.25) is 0 Å². The number of ether oxygens (including phenoxy) is 2. The minimum atomic E-state index is -0.777. The van der Waals surface area contributed by atoms with Crippen LogP contribution in [0.5, 0.6) is 0 Å². The van der Waals surface area contributed by atoms with Crippen LogP contribution in [-0.4, -0.2) is 49.1 Å². The lowest BCUT2D eigenvalue weighted by molar-refractivity contribution is -0.142. The van der Waals surface area contributed by atoms with Crippen LogP contribution in [0.4, 0.5) is 4.39 Å². The zero-order chi connectivity index (χ0) is 25.7. The highest BCUT2D eigenvalue weighted by Gasteiger charge is 2.37. The predicted molar refractivity (Wildman–Crippen MR) is 135 cm³/mol. The topological polar surface area (TPSA) is 102 Å². The second kappa shape index (κ2) is 11.9. The van der Waals surface area contributed by atoms with Crippen molar-refractivity contribution >= 4 is 40.7 Å². The minimum absolute atomic E-state index is 0.0203. The Morgan fingerprint density at radius 3 is 2.69 bits per heavy atom. The maximum atomic E-state index is 13.8. The molecule has 1 atom stereocenters. The van der Waals surface area contributed by atoms with Gasteiger partial charge in [-0.3, -0.25) is 9.79 Å². The van der Waals surface area contributed by atoms with Gasteiger partial charge in [0.1, 0.15) is 11.9 Å². The fourth-order valence-corrected chi connectivity index (χ4v) is 5.50. The Labute approximate surface area is 218 Å². The molecule has 0 bridgehead atoms. The molecule has 1 aliphatic carbocycles. The van der Waals surface area contributed by atoms with Gasteiger partial charge in [-0.2, -0.15) is 0 Å². The second-order valence-electron chi connectivity index (χ2n) is 8.56. The maximum Gasteiger partial charge on any atom is 0.338 e. The van der Waals surface area contributed by atoms with Gasteiger partial charge in [0.25, 0.3) is 0 Å². The number of thiazole rings is 1. The molecule has 8 nitrogen and oxygen atoms in total. The molecule has 1 aromatic heterocycles. The average Bonchev–Trinajstić information content (AvgIpc) is 3.42. The maximum absolute atomic E-state index is 13.8. The van der Waals surface area contributed by atoms with Crippen LogP contribution in [0.3, 0.4) is 0 Å². The molecule has 1 saturated carbocycles. The Kier molecular flexibility index (Phi) is 8.71. The van der Waals surface area contributed by atoms with E-state index < -0.39 is 17.8 Å². The lowest BCUT2D eigenvalue weighted by Gasteiger charge is -2.35. The first-order valence-electron chi connectivity index (χ1n) is 11.8. The number of hydrogen-bond donors (Lipinski definition) is 2. The number of allylic oxidation sites excluding steroid dienone is 1. The van der Waals surface area contributed by atoms with E-state index >= 15 is 0 Å². The van der Waals surface area contributed by atoms with Crippen LogP contribution in [-0.2, 0) is 19.1 Å². The third-order valence-electron chi connectivity index (χ3n) is 6.35. The number of aliphatic imine (C=N–C) groups is 1. The number of esters is 2. The highest BCUT2D eigenvalue weighted by Crippen LogP contribution is 2.41. The van der Waals surface area contributed by atoms with E-state index in [4.69, 9.17) is 26.1 Å². The summed E-state index contributed by atoms with van der Waals surface area (Å²) >= 11 is 7.84. The lowest BCUT2D eigenvalue weighted by atomic mass is 9.80. The number of nitrogens with one attached hydrogen (secondary N) is 2. The number of carbonyl (C=O) groups is 2. The van der Waals surface area contributed by atoms with Crippen LogP contribution in [0.1, 0.15) is 49.2 Å². The zero-order valence-corrected chi connectivity index (χ0v) is 21.6. The summed E-state index contributed by atoms with van der Waals surface area (Å²) < 4.78 is 24.0. The van der Waals surface area contributed by atoms with Crippen molar-refractivity contribution in [3.05, 3.63) is 62.5 Å². The van der Waals surface area contributed by atoms with E-state index in [1.54, 1.807) is 19.2 Å². The highest BCUT2D eigenvalue weighted by atomic mass is 35.5. The molecule has 1 fully saturated rings. The first kappa shape index (κ1) is 26.2. The molecule has 2 heterocycles. The van der Waals surface area contributed by atoms with Gasteiger partial charge in [-0.25, -0.2) is 14.2 Å². The lowest BCUT2D eigenvalue weighted by Crippen LogP contribution is -2.41. The number of halogens is 2. The summed E-state index contributed by atoms with van der Waals surface area (Å²) in [6.45, 7) is 2.30. The third kappa shape index (κ3) is 5.93. The van der Waals surface area contributed by atoms with E-state index in [1.807, 2.05) is 5.38 Å². The summed E-state index contributed by atoms with van der Waals surface area (Å²) in [5.41, 5.74) is 1.59. The van der Waals surface area contributed by atoms with Crippen LogP contribution in [0, 0.1) is 11.7 Å². The average molecular weight is 535 g/mol. The van der Waals surface area contributed by atoms with Gasteiger partial charge in [-0.15, -0.1) is 11.3 Å². The smallest absolute Gasteiger partial charge is 0.338 e. The molecule has 2 N–H and O–H groups in total. The van der Waals surface area contributed by atoms with Crippen molar-refractivity contribution in [1.29, 1.82) is 0 Å². The van der Waals surface area contributed by atoms with Gasteiger partial charge in [0, 0.05) is 33.9 Å². The molecule has 0 radical (unpaired) electrons. The molecule has 11 heteroatoms. The number of nitrogens with zero attached hydrogens (tertiary/aromatic N) is 2. The van der Waals surface area contributed by atoms with E-state index in [1.165, 1.54) is 30.6 Å². The second-order valence-corrected chi connectivity index (χ2v) is 9.86. The first-order chi connectivity index (χ1) is 17.4. The number of amidine groups is 1. The number of carbonyl (C=O) groups excluding carboxylic acids is 2. The molecule has 4 rings (SSSR count). The minimum Gasteiger partial charge on any atom is -0.466 e. The number of aromatic nitrogens is 1. The Morgan fingerprint density at radius 1 is 1.28 bits per heavy atom. The Bertz CT molecular complexity index is 1160. The van der Waals surface area contributed by atoms with E-state index in [0.717, 1.165) is 31.4 Å². The first-order valence-corrected chi connectivity index (χ1v) is 13.1. The van der Waals surface area contributed by atoms with Crippen LogP contribution in [0.15, 0.2) is 46.0 Å². The van der Waals surface area contributed by atoms with Crippen molar-refractivity contribution in [1.82, 2.24) is 15.6 Å². The van der Waals surface area contributed by atoms with Crippen molar-refractivity contribution < 1.29 is 23.5 Å². The Morgan fingerprint density at radius 2 is 2.06 bits per heavy atom. The highest BCUT2D eigenvalue weighted by molar-refractivity contribution is 7.11. The molecule has 1 aliphatic heterocycles. The number of rotatable bonds is 8. The van der Waals surface area contributed by atoms with Crippen molar-refractivity contribution in [2.45, 2.75) is 44.7 Å². The van der Waals surface area contributed by atoms with Gasteiger partial charge >= 0.3 is 11.9 Å². The van der Waals surface area contributed by atoms with E-state index in [2.05, 4.69) is 15.6 Å². The Balaban J connectivity index is 1.65. The van der Waals surface area contributed by atoms with E-state index in [-0.39, 0.29) is 29.5 Å². The fraction of sp³-hybridized carbons (Fsp3) is 0.440. The van der Waals surface area contributed by atoms with Crippen LogP contribution in [0.2, 0.25) is 5.02 Å². The number of methoxy groups -OCH3 is 1. The van der Waals surface area contributed by atoms with Crippen LogP contribution >= 0.6 is 22.9 Å². The summed E-state index contributed by atoms with van der Waals surface area (Å²) in [5.74, 6) is -0.716. The molecule has 0 spiro atoms. The van der Waals surface area contributed by atoms with Crippen molar-refractivity contribution in [2.75, 3.05) is 20.3 Å². The van der Waals surface area contributed by atoms with Gasteiger partial charge in [-0.1, -0.05) is 17.7 Å². The zero-order valence-electron chi connectivity index (χ0n) is 20.1. The normalized spacial score (nSPS) is 22.0. The van der Waals surface area contributed by atoms with Crippen molar-refractivity contribution in [3.63, 3.8) is 0 Å². The van der Waals surface area contributed by atoms with E-state index in [0.29, 0.717) is 28.6 Å². The summed E-state index contributed by atoms with van der Waals surface area (Å²) in [4.78, 5) is 34.0. The van der Waals surface area contributed by atoms with Gasteiger partial charge < -0.3 is 20.1 Å². The standard InChI is InChI=1S/C25H28ClFN4O4S/c1-3-35-19(32)13-29-16-7-4-14(5-8-16)21-20(25(33)34-2)22(17-9-6-15(27)12-18(17)26)31-23(30-21)24-28-10-11-36-24/h6,9-12,14,16,22,29H,3-5,7-8,13H2,1-2H3,(H,30,31)/t14-,16-,22?. The SMILES string of the molecule is CCOC(=O)CN[C@H]1CC[C@H](C2=C(C(=O)OC)C(c3ccc(F)cc3Cl)N=C(c3nccs3)N2)CC1. The number of benzene rings is 1. The summed E-state index contributed by atoms with van der Waals surface area (Å²) in [7, 11) is 1.33.